The van der Waals surface area contributed by atoms with Gasteiger partial charge in [-0.1, -0.05) is 46.0 Å². The predicted octanol–water partition coefficient (Wildman–Crippen LogP) is 2.21. The minimum atomic E-state index is -0.425. The number of nitrogens with one attached hydrogen (secondary N) is 2. The number of carbonyl (C=O) groups excluding carboxylic acids is 1. The molecule has 0 spiro atoms. The summed E-state index contributed by atoms with van der Waals surface area (Å²) in [5.41, 5.74) is -0.0256. The van der Waals surface area contributed by atoms with E-state index in [1.54, 1.807) is 0 Å². The molecule has 4 heteroatoms. The Labute approximate surface area is 123 Å². The molecule has 20 heavy (non-hydrogen) atoms. The number of aliphatic hydroxyl groups is 1. The standard InChI is InChI=1S/C16H32N2O2/c1-4-13(5-2)14(19)12-18-15(20)11-16(17-3)9-7-6-8-10-16/h13-14,17,19H,4-12H2,1-3H3,(H,18,20). The van der Waals surface area contributed by atoms with Crippen LogP contribution in [-0.4, -0.2) is 36.2 Å². The average Bonchev–Trinajstić information content (AvgIpc) is 2.47. The van der Waals surface area contributed by atoms with Crippen LogP contribution in [0, 0.1) is 5.92 Å². The maximum Gasteiger partial charge on any atom is 0.221 e. The quantitative estimate of drug-likeness (QED) is 0.640. The molecule has 1 aliphatic carbocycles. The second-order valence-corrected chi connectivity index (χ2v) is 6.22. The molecule has 3 N–H and O–H groups in total. The molecule has 1 fully saturated rings. The molecule has 1 aliphatic rings. The monoisotopic (exact) mass is 284 g/mol. The number of rotatable bonds is 8. The Bertz CT molecular complexity index is 284. The number of hydrogen-bond acceptors (Lipinski definition) is 3. The fourth-order valence-corrected chi connectivity index (χ4v) is 3.33. The van der Waals surface area contributed by atoms with Gasteiger partial charge in [-0.25, -0.2) is 0 Å². The zero-order chi connectivity index (χ0) is 15.0. The molecule has 1 rings (SSSR count). The molecule has 0 aromatic carbocycles. The van der Waals surface area contributed by atoms with Crippen molar-refractivity contribution in [2.24, 2.45) is 5.92 Å². The van der Waals surface area contributed by atoms with Gasteiger partial charge in [-0.2, -0.15) is 0 Å². The third-order valence-corrected chi connectivity index (χ3v) is 4.94. The number of hydrogen-bond donors (Lipinski definition) is 3. The van der Waals surface area contributed by atoms with Crippen LogP contribution in [0.1, 0.15) is 65.2 Å². The van der Waals surface area contributed by atoms with Gasteiger partial charge in [0.1, 0.15) is 0 Å². The zero-order valence-corrected chi connectivity index (χ0v) is 13.4. The van der Waals surface area contributed by atoms with Gasteiger partial charge in [0.05, 0.1) is 6.10 Å². The maximum atomic E-state index is 12.1. The third-order valence-electron chi connectivity index (χ3n) is 4.94. The molecule has 1 unspecified atom stereocenters. The minimum absolute atomic E-state index is 0.0256. The molecule has 118 valence electrons. The van der Waals surface area contributed by atoms with E-state index in [1.807, 2.05) is 7.05 Å². The van der Waals surface area contributed by atoms with Gasteiger partial charge >= 0.3 is 0 Å². The third kappa shape index (κ3) is 5.06. The van der Waals surface area contributed by atoms with Crippen LogP contribution in [0.4, 0.5) is 0 Å². The van der Waals surface area contributed by atoms with Crippen LogP contribution in [0.25, 0.3) is 0 Å². The van der Waals surface area contributed by atoms with Crippen molar-refractivity contribution in [2.75, 3.05) is 13.6 Å². The van der Waals surface area contributed by atoms with Gasteiger partial charge in [0.15, 0.2) is 0 Å². The lowest BCUT2D eigenvalue weighted by molar-refractivity contribution is -0.123. The summed E-state index contributed by atoms with van der Waals surface area (Å²) in [4.78, 5) is 12.1. The van der Waals surface area contributed by atoms with E-state index in [4.69, 9.17) is 0 Å². The van der Waals surface area contributed by atoms with E-state index in [9.17, 15) is 9.90 Å². The summed E-state index contributed by atoms with van der Waals surface area (Å²) in [6.45, 7) is 4.54. The Morgan fingerprint density at radius 3 is 2.30 bits per heavy atom. The van der Waals surface area contributed by atoms with Crippen molar-refractivity contribution >= 4 is 5.91 Å². The van der Waals surface area contributed by atoms with Crippen LogP contribution >= 0.6 is 0 Å². The average molecular weight is 284 g/mol. The molecular formula is C16H32N2O2. The van der Waals surface area contributed by atoms with Crippen molar-refractivity contribution in [3.8, 4) is 0 Å². The fraction of sp³-hybridized carbons (Fsp3) is 0.938. The first-order chi connectivity index (χ1) is 9.56. The van der Waals surface area contributed by atoms with Gasteiger partial charge in [-0.05, 0) is 25.8 Å². The van der Waals surface area contributed by atoms with E-state index >= 15 is 0 Å². The van der Waals surface area contributed by atoms with Crippen molar-refractivity contribution in [1.29, 1.82) is 0 Å². The Kier molecular flexibility index (Phi) is 7.52. The first-order valence-corrected chi connectivity index (χ1v) is 8.20. The summed E-state index contributed by atoms with van der Waals surface area (Å²) in [6.07, 6.45) is 7.83. The number of aliphatic hydroxyl groups excluding tert-OH is 1. The summed E-state index contributed by atoms with van der Waals surface area (Å²) in [5, 5.41) is 16.3. The Morgan fingerprint density at radius 1 is 1.20 bits per heavy atom. The molecule has 0 aliphatic heterocycles. The highest BCUT2D eigenvalue weighted by Gasteiger charge is 2.32. The van der Waals surface area contributed by atoms with E-state index in [2.05, 4.69) is 24.5 Å². The maximum absolute atomic E-state index is 12.1. The summed E-state index contributed by atoms with van der Waals surface area (Å²) < 4.78 is 0. The normalized spacial score (nSPS) is 19.9. The highest BCUT2D eigenvalue weighted by molar-refractivity contribution is 5.77. The summed E-state index contributed by atoms with van der Waals surface area (Å²) in [7, 11) is 1.96. The lowest BCUT2D eigenvalue weighted by atomic mass is 9.79. The Balaban J connectivity index is 2.38. The lowest BCUT2D eigenvalue weighted by Crippen LogP contribution is -2.49. The van der Waals surface area contributed by atoms with Crippen LogP contribution in [0.5, 0.6) is 0 Å². The zero-order valence-electron chi connectivity index (χ0n) is 13.4. The van der Waals surface area contributed by atoms with Crippen molar-refractivity contribution in [2.45, 2.75) is 76.9 Å². The fourth-order valence-electron chi connectivity index (χ4n) is 3.33. The van der Waals surface area contributed by atoms with Crippen LogP contribution in [0.3, 0.4) is 0 Å². The number of amides is 1. The molecule has 0 bridgehead atoms. The van der Waals surface area contributed by atoms with Crippen LogP contribution < -0.4 is 10.6 Å². The smallest absolute Gasteiger partial charge is 0.221 e. The molecule has 1 saturated carbocycles. The molecule has 0 radical (unpaired) electrons. The van der Waals surface area contributed by atoms with Crippen molar-refractivity contribution in [3.05, 3.63) is 0 Å². The second-order valence-electron chi connectivity index (χ2n) is 6.22. The molecule has 1 atom stereocenters. The molecule has 0 aromatic rings. The highest BCUT2D eigenvalue weighted by Crippen LogP contribution is 2.30. The van der Waals surface area contributed by atoms with Gasteiger partial charge in [-0.3, -0.25) is 4.79 Å². The Hall–Kier alpha value is -0.610. The van der Waals surface area contributed by atoms with Crippen molar-refractivity contribution < 1.29 is 9.90 Å². The van der Waals surface area contributed by atoms with Crippen molar-refractivity contribution in [3.63, 3.8) is 0 Å². The van der Waals surface area contributed by atoms with Gasteiger partial charge in [-0.15, -0.1) is 0 Å². The van der Waals surface area contributed by atoms with Crippen molar-refractivity contribution in [1.82, 2.24) is 10.6 Å². The first kappa shape index (κ1) is 17.4. The van der Waals surface area contributed by atoms with E-state index < -0.39 is 6.10 Å². The topological polar surface area (TPSA) is 61.4 Å². The summed E-state index contributed by atoms with van der Waals surface area (Å²) in [5.74, 6) is 0.342. The number of carbonyl (C=O) groups is 1. The van der Waals surface area contributed by atoms with E-state index in [1.165, 1.54) is 19.3 Å². The van der Waals surface area contributed by atoms with Gasteiger partial charge in [0.2, 0.25) is 5.91 Å². The Morgan fingerprint density at radius 2 is 1.80 bits per heavy atom. The summed E-state index contributed by atoms with van der Waals surface area (Å²) >= 11 is 0. The van der Waals surface area contributed by atoms with E-state index in [0.717, 1.165) is 25.7 Å². The van der Waals surface area contributed by atoms with Crippen LogP contribution in [0.2, 0.25) is 0 Å². The van der Waals surface area contributed by atoms with Gasteiger partial charge in [0.25, 0.3) is 0 Å². The SMILES string of the molecule is CCC(CC)C(O)CNC(=O)CC1(NC)CCCCC1. The van der Waals surface area contributed by atoms with E-state index in [0.29, 0.717) is 13.0 Å². The molecule has 0 heterocycles. The molecular weight excluding hydrogens is 252 g/mol. The predicted molar refractivity (Wildman–Crippen MR) is 82.6 cm³/mol. The second kappa shape index (κ2) is 8.63. The van der Waals surface area contributed by atoms with Gasteiger partial charge in [0, 0.05) is 18.5 Å². The molecule has 0 saturated heterocycles. The highest BCUT2D eigenvalue weighted by atomic mass is 16.3. The lowest BCUT2D eigenvalue weighted by Gasteiger charge is -2.36. The summed E-state index contributed by atoms with van der Waals surface area (Å²) in [6, 6.07) is 0. The first-order valence-electron chi connectivity index (χ1n) is 8.20. The molecule has 0 aromatic heterocycles. The largest absolute Gasteiger partial charge is 0.391 e. The van der Waals surface area contributed by atoms with Crippen LogP contribution in [-0.2, 0) is 4.79 Å². The molecule has 4 nitrogen and oxygen atoms in total. The molecule has 1 amide bonds. The minimum Gasteiger partial charge on any atom is -0.391 e. The van der Waals surface area contributed by atoms with Crippen LogP contribution in [0.15, 0.2) is 0 Å². The van der Waals surface area contributed by atoms with E-state index in [-0.39, 0.29) is 17.4 Å². The van der Waals surface area contributed by atoms with Gasteiger partial charge < -0.3 is 15.7 Å².